The molecule has 1 heterocycles. The topological polar surface area (TPSA) is 74.6 Å². The smallest absolute Gasteiger partial charge is 0.263 e. The standard InChI is InChI=1S/C13H21N3O3/c1-2-18-7-3-4-15-13(17)12(10-14)11-16-5-8-19-9-6-16/h11H,2-9H2,1H3,(H,15,17)/b12-11-. The highest BCUT2D eigenvalue weighted by Gasteiger charge is 2.12. The number of nitrogens with zero attached hydrogens (tertiary/aromatic N) is 2. The Morgan fingerprint density at radius 2 is 2.26 bits per heavy atom. The average Bonchev–Trinajstić information content (AvgIpc) is 2.45. The molecule has 6 nitrogen and oxygen atoms in total. The first-order valence-corrected chi connectivity index (χ1v) is 6.57. The van der Waals surface area contributed by atoms with Crippen molar-refractivity contribution in [3.05, 3.63) is 11.8 Å². The summed E-state index contributed by atoms with van der Waals surface area (Å²) in [6.45, 7) is 6.42. The van der Waals surface area contributed by atoms with Gasteiger partial charge in [0.05, 0.1) is 13.2 Å². The van der Waals surface area contributed by atoms with Crippen LogP contribution in [0.1, 0.15) is 13.3 Å². The first-order valence-electron chi connectivity index (χ1n) is 6.57. The predicted molar refractivity (Wildman–Crippen MR) is 70.2 cm³/mol. The van der Waals surface area contributed by atoms with Gasteiger partial charge in [0.1, 0.15) is 11.6 Å². The van der Waals surface area contributed by atoms with Crippen molar-refractivity contribution in [1.29, 1.82) is 5.26 Å². The minimum atomic E-state index is -0.328. The molecule has 1 saturated heterocycles. The number of hydrogen-bond donors (Lipinski definition) is 1. The first kappa shape index (κ1) is 15.5. The fraction of sp³-hybridized carbons (Fsp3) is 0.692. The molecule has 1 N–H and O–H groups in total. The van der Waals surface area contributed by atoms with E-state index in [9.17, 15) is 4.79 Å². The van der Waals surface area contributed by atoms with Crippen LogP contribution < -0.4 is 5.32 Å². The van der Waals surface area contributed by atoms with Gasteiger partial charge in [0.2, 0.25) is 0 Å². The Morgan fingerprint density at radius 1 is 1.53 bits per heavy atom. The molecule has 0 aromatic rings. The zero-order valence-corrected chi connectivity index (χ0v) is 11.4. The first-order chi connectivity index (χ1) is 9.27. The van der Waals surface area contributed by atoms with E-state index in [1.165, 1.54) is 0 Å². The Bertz CT molecular complexity index is 344. The monoisotopic (exact) mass is 267 g/mol. The summed E-state index contributed by atoms with van der Waals surface area (Å²) in [5.41, 5.74) is 0.137. The second kappa shape index (κ2) is 9.36. The SMILES string of the molecule is CCOCCCNC(=O)/C(C#N)=C\N1CCOCC1. The number of rotatable bonds is 7. The van der Waals surface area contributed by atoms with Crippen LogP contribution in [0.5, 0.6) is 0 Å². The molecular formula is C13H21N3O3. The van der Waals surface area contributed by atoms with Crippen LogP contribution in [0, 0.1) is 11.3 Å². The molecule has 0 bridgehead atoms. The van der Waals surface area contributed by atoms with Gasteiger partial charge in [-0.1, -0.05) is 0 Å². The summed E-state index contributed by atoms with van der Waals surface area (Å²) in [5, 5.41) is 11.7. The Hall–Kier alpha value is -1.58. The average molecular weight is 267 g/mol. The van der Waals surface area contributed by atoms with Gasteiger partial charge in [-0.25, -0.2) is 0 Å². The maximum absolute atomic E-state index is 11.8. The van der Waals surface area contributed by atoms with E-state index in [1.807, 2.05) is 17.9 Å². The molecule has 1 fully saturated rings. The van der Waals surface area contributed by atoms with Crippen molar-refractivity contribution in [3.8, 4) is 6.07 Å². The molecule has 1 rings (SSSR count). The van der Waals surface area contributed by atoms with Crippen molar-refractivity contribution < 1.29 is 14.3 Å². The molecule has 106 valence electrons. The number of ether oxygens (including phenoxy) is 2. The van der Waals surface area contributed by atoms with Crippen LogP contribution in [0.4, 0.5) is 0 Å². The molecule has 1 aliphatic rings. The molecule has 0 radical (unpaired) electrons. The number of nitriles is 1. The van der Waals surface area contributed by atoms with Gasteiger partial charge in [-0.2, -0.15) is 5.26 Å². The lowest BCUT2D eigenvalue weighted by Gasteiger charge is -2.25. The van der Waals surface area contributed by atoms with Crippen LogP contribution in [-0.2, 0) is 14.3 Å². The summed E-state index contributed by atoms with van der Waals surface area (Å²) in [4.78, 5) is 13.7. The van der Waals surface area contributed by atoms with Gasteiger partial charge < -0.3 is 19.7 Å². The Labute approximate surface area is 114 Å². The van der Waals surface area contributed by atoms with Crippen LogP contribution in [0.15, 0.2) is 11.8 Å². The van der Waals surface area contributed by atoms with Gasteiger partial charge in [-0.15, -0.1) is 0 Å². The molecule has 1 aliphatic heterocycles. The van der Waals surface area contributed by atoms with Crippen molar-refractivity contribution in [2.24, 2.45) is 0 Å². The van der Waals surface area contributed by atoms with E-state index >= 15 is 0 Å². The van der Waals surface area contributed by atoms with Crippen molar-refractivity contribution in [3.63, 3.8) is 0 Å². The molecule has 0 spiro atoms. The Balaban J connectivity index is 2.34. The molecule has 0 atom stereocenters. The summed E-state index contributed by atoms with van der Waals surface area (Å²) in [6.07, 6.45) is 2.36. The Morgan fingerprint density at radius 3 is 2.89 bits per heavy atom. The fourth-order valence-electron chi connectivity index (χ4n) is 1.64. The van der Waals surface area contributed by atoms with Crippen LogP contribution in [0.3, 0.4) is 0 Å². The maximum atomic E-state index is 11.8. The maximum Gasteiger partial charge on any atom is 0.263 e. The minimum absolute atomic E-state index is 0.137. The molecule has 0 aromatic carbocycles. The molecule has 0 aliphatic carbocycles. The van der Waals surface area contributed by atoms with E-state index in [0.29, 0.717) is 46.1 Å². The van der Waals surface area contributed by atoms with Crippen LogP contribution in [0.2, 0.25) is 0 Å². The lowest BCUT2D eigenvalue weighted by molar-refractivity contribution is -0.117. The van der Waals surface area contributed by atoms with E-state index in [4.69, 9.17) is 14.7 Å². The van der Waals surface area contributed by atoms with Gasteiger partial charge in [-0.05, 0) is 13.3 Å². The summed E-state index contributed by atoms with van der Waals surface area (Å²) in [5.74, 6) is -0.328. The van der Waals surface area contributed by atoms with Gasteiger partial charge >= 0.3 is 0 Å². The third-order valence-electron chi connectivity index (χ3n) is 2.68. The lowest BCUT2D eigenvalue weighted by Crippen LogP contribution is -2.34. The molecule has 19 heavy (non-hydrogen) atoms. The van der Waals surface area contributed by atoms with E-state index in [-0.39, 0.29) is 11.5 Å². The number of amides is 1. The van der Waals surface area contributed by atoms with Crippen molar-refractivity contribution in [1.82, 2.24) is 10.2 Å². The van der Waals surface area contributed by atoms with Crippen molar-refractivity contribution >= 4 is 5.91 Å². The van der Waals surface area contributed by atoms with Gasteiger partial charge in [0.15, 0.2) is 0 Å². The second-order valence-corrected chi connectivity index (χ2v) is 4.11. The highest BCUT2D eigenvalue weighted by molar-refractivity contribution is 5.97. The van der Waals surface area contributed by atoms with E-state index in [1.54, 1.807) is 6.20 Å². The fourth-order valence-corrected chi connectivity index (χ4v) is 1.64. The zero-order chi connectivity index (χ0) is 13.9. The molecule has 1 amide bonds. The molecule has 0 unspecified atom stereocenters. The number of carbonyl (C=O) groups excluding carboxylic acids is 1. The third kappa shape index (κ3) is 6.22. The number of hydrogen-bond acceptors (Lipinski definition) is 5. The quantitative estimate of drug-likeness (QED) is 0.407. The zero-order valence-electron chi connectivity index (χ0n) is 11.4. The largest absolute Gasteiger partial charge is 0.382 e. The van der Waals surface area contributed by atoms with Crippen molar-refractivity contribution in [2.45, 2.75) is 13.3 Å². The summed E-state index contributed by atoms with van der Waals surface area (Å²) in [6, 6.07) is 1.94. The van der Waals surface area contributed by atoms with E-state index in [2.05, 4.69) is 5.32 Å². The Kier molecular flexibility index (Phi) is 7.63. The van der Waals surface area contributed by atoms with Gasteiger partial charge in [0.25, 0.3) is 5.91 Å². The van der Waals surface area contributed by atoms with Gasteiger partial charge in [-0.3, -0.25) is 4.79 Å². The summed E-state index contributed by atoms with van der Waals surface area (Å²) in [7, 11) is 0. The number of nitrogens with one attached hydrogen (secondary N) is 1. The number of morpholine rings is 1. The van der Waals surface area contributed by atoms with Gasteiger partial charge in [0, 0.05) is 39.0 Å². The van der Waals surface area contributed by atoms with Crippen LogP contribution >= 0.6 is 0 Å². The highest BCUT2D eigenvalue weighted by Crippen LogP contribution is 2.02. The molecule has 0 aromatic heterocycles. The van der Waals surface area contributed by atoms with Crippen LogP contribution in [-0.4, -0.2) is 56.9 Å². The predicted octanol–water partition coefficient (Wildman–Crippen LogP) is 0.269. The number of carbonyl (C=O) groups is 1. The minimum Gasteiger partial charge on any atom is -0.382 e. The second-order valence-electron chi connectivity index (χ2n) is 4.11. The van der Waals surface area contributed by atoms with Crippen LogP contribution in [0.25, 0.3) is 0 Å². The van der Waals surface area contributed by atoms with Crippen molar-refractivity contribution in [2.75, 3.05) is 46.1 Å². The third-order valence-corrected chi connectivity index (χ3v) is 2.68. The summed E-state index contributed by atoms with van der Waals surface area (Å²) < 4.78 is 10.4. The molecule has 6 heteroatoms. The molecular weight excluding hydrogens is 246 g/mol. The van der Waals surface area contributed by atoms with E-state index in [0.717, 1.165) is 6.42 Å². The normalized spacial score (nSPS) is 16.0. The van der Waals surface area contributed by atoms with E-state index < -0.39 is 0 Å². The highest BCUT2D eigenvalue weighted by atomic mass is 16.5. The summed E-state index contributed by atoms with van der Waals surface area (Å²) >= 11 is 0. The lowest BCUT2D eigenvalue weighted by atomic mass is 10.2. The molecule has 0 saturated carbocycles.